The lowest BCUT2D eigenvalue weighted by atomic mass is 10.2. The molecular weight excluding hydrogens is 222 g/mol. The first-order chi connectivity index (χ1) is 7.68. The minimum atomic E-state index is 0.0625. The zero-order chi connectivity index (χ0) is 11.5. The van der Waals surface area contributed by atoms with Crippen LogP contribution >= 0.6 is 11.5 Å². The highest BCUT2D eigenvalue weighted by Gasteiger charge is 2.07. The molecule has 0 atom stereocenters. The average Bonchev–Trinajstić information content (AvgIpc) is 2.81. The van der Waals surface area contributed by atoms with Crippen molar-refractivity contribution in [1.82, 2.24) is 9.36 Å². The second-order valence-electron chi connectivity index (χ2n) is 3.25. The molecule has 1 heterocycles. The molecule has 0 fully saturated rings. The minimum Gasteiger partial charge on any atom is -0.384 e. The normalized spacial score (nSPS) is 10.1. The van der Waals surface area contributed by atoms with E-state index in [-0.39, 0.29) is 5.84 Å². The van der Waals surface area contributed by atoms with Gasteiger partial charge in [0.1, 0.15) is 12.2 Å². The molecule has 82 valence electrons. The average molecular weight is 233 g/mol. The van der Waals surface area contributed by atoms with E-state index in [2.05, 4.69) is 9.36 Å². The molecule has 0 amide bonds. The molecule has 1 aromatic carbocycles. The maximum absolute atomic E-state index is 7.38. The third kappa shape index (κ3) is 2.01. The fraction of sp³-hybridized carbons (Fsp3) is 0.100. The van der Waals surface area contributed by atoms with E-state index in [9.17, 15) is 0 Å². The van der Waals surface area contributed by atoms with Crippen LogP contribution in [0.2, 0.25) is 0 Å². The van der Waals surface area contributed by atoms with E-state index in [1.54, 1.807) is 6.07 Å². The lowest BCUT2D eigenvalue weighted by Gasteiger charge is -2.15. The fourth-order valence-corrected chi connectivity index (χ4v) is 1.82. The summed E-state index contributed by atoms with van der Waals surface area (Å²) in [7, 11) is 1.90. The van der Waals surface area contributed by atoms with Crippen molar-refractivity contribution in [2.45, 2.75) is 0 Å². The van der Waals surface area contributed by atoms with Gasteiger partial charge in [-0.1, -0.05) is 12.1 Å². The Hall–Kier alpha value is -1.95. The summed E-state index contributed by atoms with van der Waals surface area (Å²) in [4.78, 5) is 6.02. The van der Waals surface area contributed by atoms with Crippen molar-refractivity contribution in [3.05, 3.63) is 36.2 Å². The molecule has 2 aromatic rings. The molecule has 1 aromatic heterocycles. The lowest BCUT2D eigenvalue weighted by Crippen LogP contribution is -2.13. The summed E-state index contributed by atoms with van der Waals surface area (Å²) in [5.74, 6) is 0.0625. The van der Waals surface area contributed by atoms with Crippen LogP contribution in [0.25, 0.3) is 0 Å². The van der Waals surface area contributed by atoms with Crippen LogP contribution in [0.3, 0.4) is 0 Å². The molecule has 16 heavy (non-hydrogen) atoms. The topological polar surface area (TPSA) is 78.9 Å². The number of amidine groups is 1. The molecule has 5 nitrogen and oxygen atoms in total. The number of hydrogen-bond acceptors (Lipinski definition) is 5. The quantitative estimate of drug-likeness (QED) is 0.623. The Labute approximate surface area is 97.2 Å². The van der Waals surface area contributed by atoms with Gasteiger partial charge in [0.2, 0.25) is 5.13 Å². The Morgan fingerprint density at radius 1 is 1.50 bits per heavy atom. The maximum atomic E-state index is 7.38. The van der Waals surface area contributed by atoms with Gasteiger partial charge in [-0.2, -0.15) is 4.37 Å². The van der Waals surface area contributed by atoms with Gasteiger partial charge < -0.3 is 10.6 Å². The summed E-state index contributed by atoms with van der Waals surface area (Å²) < 4.78 is 3.95. The first kappa shape index (κ1) is 10.6. The third-order valence-corrected chi connectivity index (χ3v) is 2.92. The maximum Gasteiger partial charge on any atom is 0.209 e. The van der Waals surface area contributed by atoms with Crippen molar-refractivity contribution in [2.24, 2.45) is 5.73 Å². The van der Waals surface area contributed by atoms with Gasteiger partial charge in [-0.3, -0.25) is 5.41 Å². The second kappa shape index (κ2) is 4.28. The van der Waals surface area contributed by atoms with Gasteiger partial charge in [0.15, 0.2) is 0 Å². The van der Waals surface area contributed by atoms with Gasteiger partial charge in [-0.25, -0.2) is 4.98 Å². The van der Waals surface area contributed by atoms with Crippen LogP contribution in [0.1, 0.15) is 5.56 Å². The Morgan fingerprint density at radius 2 is 2.31 bits per heavy atom. The van der Waals surface area contributed by atoms with Gasteiger partial charge in [-0.05, 0) is 12.1 Å². The third-order valence-electron chi connectivity index (χ3n) is 2.18. The number of nitrogen functional groups attached to an aromatic ring is 1. The number of nitrogens with zero attached hydrogens (tertiary/aromatic N) is 3. The molecule has 0 saturated heterocycles. The molecule has 0 saturated carbocycles. The van der Waals surface area contributed by atoms with Crippen molar-refractivity contribution in [2.75, 3.05) is 11.9 Å². The number of benzene rings is 1. The molecule has 2 rings (SSSR count). The van der Waals surface area contributed by atoms with Crippen molar-refractivity contribution in [1.29, 1.82) is 5.41 Å². The number of anilines is 2. The van der Waals surface area contributed by atoms with Gasteiger partial charge in [0, 0.05) is 29.8 Å². The summed E-state index contributed by atoms with van der Waals surface area (Å²) in [6.07, 6.45) is 1.52. The Morgan fingerprint density at radius 3 is 2.94 bits per heavy atom. The number of rotatable bonds is 3. The highest BCUT2D eigenvalue weighted by atomic mass is 32.1. The van der Waals surface area contributed by atoms with Gasteiger partial charge in [0.05, 0.1) is 0 Å². The number of aromatic nitrogens is 2. The van der Waals surface area contributed by atoms with Gasteiger partial charge >= 0.3 is 0 Å². The molecule has 0 bridgehead atoms. The standard InChI is InChI=1S/C10H11N5S/c1-15(10-13-6-14-16-10)8-4-2-3-7(5-8)9(11)12/h2-6H,1H3,(H3,11,12). The lowest BCUT2D eigenvalue weighted by molar-refractivity contribution is 1.16. The summed E-state index contributed by atoms with van der Waals surface area (Å²) in [6, 6.07) is 7.46. The molecule has 0 spiro atoms. The summed E-state index contributed by atoms with van der Waals surface area (Å²) in [5, 5.41) is 8.19. The van der Waals surface area contributed by atoms with Crippen molar-refractivity contribution in [3.8, 4) is 0 Å². The summed E-state index contributed by atoms with van der Waals surface area (Å²) in [5.41, 5.74) is 7.08. The van der Waals surface area contributed by atoms with Crippen LogP contribution in [0.15, 0.2) is 30.6 Å². The SMILES string of the molecule is CN(c1cccc(C(=N)N)c1)c1ncns1. The molecule has 0 aliphatic heterocycles. The smallest absolute Gasteiger partial charge is 0.209 e. The highest BCUT2D eigenvalue weighted by molar-refractivity contribution is 7.09. The Balaban J connectivity index is 2.34. The Bertz CT molecular complexity index is 494. The van der Waals surface area contributed by atoms with Crippen molar-refractivity contribution < 1.29 is 0 Å². The van der Waals surface area contributed by atoms with E-state index in [1.807, 2.05) is 30.1 Å². The van der Waals surface area contributed by atoms with Crippen LogP contribution in [0.5, 0.6) is 0 Å². The molecule has 6 heteroatoms. The van der Waals surface area contributed by atoms with Crippen LogP contribution in [0, 0.1) is 5.41 Å². The van der Waals surface area contributed by atoms with Crippen LogP contribution in [-0.2, 0) is 0 Å². The van der Waals surface area contributed by atoms with Crippen LogP contribution in [-0.4, -0.2) is 22.2 Å². The summed E-state index contributed by atoms with van der Waals surface area (Å²) in [6.45, 7) is 0. The Kier molecular flexibility index (Phi) is 2.82. The zero-order valence-corrected chi connectivity index (χ0v) is 9.53. The predicted octanol–water partition coefficient (Wildman–Crippen LogP) is 1.59. The molecule has 0 aliphatic carbocycles. The fourth-order valence-electron chi connectivity index (χ4n) is 1.31. The molecule has 0 unspecified atom stereocenters. The van der Waals surface area contributed by atoms with E-state index in [1.165, 1.54) is 17.9 Å². The predicted molar refractivity (Wildman–Crippen MR) is 65.4 cm³/mol. The first-order valence-electron chi connectivity index (χ1n) is 4.63. The van der Waals surface area contributed by atoms with Gasteiger partial charge in [0.25, 0.3) is 0 Å². The molecule has 0 radical (unpaired) electrons. The number of hydrogen-bond donors (Lipinski definition) is 2. The van der Waals surface area contributed by atoms with Gasteiger partial charge in [-0.15, -0.1) is 0 Å². The zero-order valence-electron chi connectivity index (χ0n) is 8.71. The van der Waals surface area contributed by atoms with Crippen LogP contribution < -0.4 is 10.6 Å². The highest BCUT2D eigenvalue weighted by Crippen LogP contribution is 2.24. The summed E-state index contributed by atoms with van der Waals surface area (Å²) >= 11 is 1.32. The van der Waals surface area contributed by atoms with E-state index in [0.717, 1.165) is 10.8 Å². The monoisotopic (exact) mass is 233 g/mol. The minimum absolute atomic E-state index is 0.0625. The first-order valence-corrected chi connectivity index (χ1v) is 5.40. The largest absolute Gasteiger partial charge is 0.384 e. The number of nitrogens with two attached hydrogens (primary N) is 1. The number of nitrogens with one attached hydrogen (secondary N) is 1. The van der Waals surface area contributed by atoms with Crippen molar-refractivity contribution >= 4 is 28.2 Å². The van der Waals surface area contributed by atoms with E-state index >= 15 is 0 Å². The van der Waals surface area contributed by atoms with E-state index < -0.39 is 0 Å². The molecule has 3 N–H and O–H groups in total. The van der Waals surface area contributed by atoms with Crippen molar-refractivity contribution in [3.63, 3.8) is 0 Å². The molecular formula is C10H11N5S. The van der Waals surface area contributed by atoms with E-state index in [0.29, 0.717) is 5.56 Å². The molecule has 0 aliphatic rings. The van der Waals surface area contributed by atoms with Crippen LogP contribution in [0.4, 0.5) is 10.8 Å². The van der Waals surface area contributed by atoms with E-state index in [4.69, 9.17) is 11.1 Å². The second-order valence-corrected chi connectivity index (χ2v) is 4.01.